The van der Waals surface area contributed by atoms with Crippen LogP contribution < -0.4 is 5.73 Å². The van der Waals surface area contributed by atoms with Crippen molar-refractivity contribution >= 4 is 0 Å². The zero-order chi connectivity index (χ0) is 12.3. The Hall–Kier alpha value is -0.160. The predicted octanol–water partition coefficient (Wildman–Crippen LogP) is 0.376. The highest BCUT2D eigenvalue weighted by atomic mass is 16.5. The average Bonchev–Trinajstić information content (AvgIpc) is 2.93. The van der Waals surface area contributed by atoms with Crippen LogP contribution in [0.2, 0.25) is 0 Å². The molecule has 0 aliphatic carbocycles. The third-order valence-corrected chi connectivity index (χ3v) is 4.49. The molecule has 0 aromatic rings. The molecule has 0 radical (unpaired) electrons. The fourth-order valence-electron chi connectivity index (χ4n) is 3.27. The monoisotopic (exact) mass is 241 g/mol. The highest BCUT2D eigenvalue weighted by molar-refractivity contribution is 4.85. The Labute approximate surface area is 105 Å². The first-order chi connectivity index (χ1) is 8.22. The molecule has 2 heterocycles. The van der Waals surface area contributed by atoms with E-state index in [1.807, 2.05) is 0 Å². The van der Waals surface area contributed by atoms with Gasteiger partial charge in [0, 0.05) is 37.7 Å². The molecule has 0 aromatic heterocycles. The minimum atomic E-state index is 0.492. The zero-order valence-corrected chi connectivity index (χ0v) is 11.3. The molecule has 2 N–H and O–H groups in total. The molecule has 4 nitrogen and oxygen atoms in total. The third kappa shape index (κ3) is 3.19. The summed E-state index contributed by atoms with van der Waals surface area (Å²) in [5.74, 6) is 0.636. The quantitative estimate of drug-likeness (QED) is 0.755. The molecule has 3 unspecified atom stereocenters. The topological polar surface area (TPSA) is 41.7 Å². The minimum Gasteiger partial charge on any atom is -0.381 e. The molecule has 0 spiro atoms. The molecule has 0 saturated carbocycles. The maximum Gasteiger partial charge on any atom is 0.0510 e. The van der Waals surface area contributed by atoms with Crippen LogP contribution in [0.25, 0.3) is 0 Å². The maximum atomic E-state index is 5.95. The van der Waals surface area contributed by atoms with Crippen molar-refractivity contribution in [3.05, 3.63) is 0 Å². The summed E-state index contributed by atoms with van der Waals surface area (Å²) in [6.45, 7) is 4.96. The molecule has 2 rings (SSSR count). The van der Waals surface area contributed by atoms with Crippen molar-refractivity contribution in [1.29, 1.82) is 0 Å². The molecule has 100 valence electrons. The summed E-state index contributed by atoms with van der Waals surface area (Å²) in [7, 11) is 4.46. The van der Waals surface area contributed by atoms with Crippen molar-refractivity contribution in [3.63, 3.8) is 0 Å². The van der Waals surface area contributed by atoms with Crippen LogP contribution >= 0.6 is 0 Å². The van der Waals surface area contributed by atoms with Crippen LogP contribution in [0, 0.1) is 5.92 Å². The van der Waals surface area contributed by atoms with Gasteiger partial charge in [0.05, 0.1) is 6.61 Å². The van der Waals surface area contributed by atoms with Gasteiger partial charge in [-0.25, -0.2) is 0 Å². The summed E-state index contributed by atoms with van der Waals surface area (Å²) in [6, 6.07) is 1.21. The Morgan fingerprint density at radius 2 is 2.29 bits per heavy atom. The zero-order valence-electron chi connectivity index (χ0n) is 11.3. The number of nitrogens with two attached hydrogens (primary N) is 1. The fraction of sp³-hybridized carbons (Fsp3) is 1.00. The van der Waals surface area contributed by atoms with Crippen LogP contribution in [0.4, 0.5) is 0 Å². The molecule has 2 fully saturated rings. The van der Waals surface area contributed by atoms with Crippen molar-refractivity contribution < 1.29 is 4.74 Å². The summed E-state index contributed by atoms with van der Waals surface area (Å²) >= 11 is 0. The van der Waals surface area contributed by atoms with Crippen LogP contribution in [0.5, 0.6) is 0 Å². The summed E-state index contributed by atoms with van der Waals surface area (Å²) in [4.78, 5) is 4.95. The summed E-state index contributed by atoms with van der Waals surface area (Å²) in [5.41, 5.74) is 5.95. The second-order valence-electron chi connectivity index (χ2n) is 5.64. The van der Waals surface area contributed by atoms with Crippen LogP contribution in [0.15, 0.2) is 0 Å². The first-order valence-electron chi connectivity index (χ1n) is 6.90. The number of nitrogens with zero attached hydrogens (tertiary/aromatic N) is 2. The molecular formula is C13H27N3O. The van der Waals surface area contributed by atoms with Gasteiger partial charge in [0.15, 0.2) is 0 Å². The van der Waals surface area contributed by atoms with Gasteiger partial charge in [0.2, 0.25) is 0 Å². The Balaban J connectivity index is 1.85. The van der Waals surface area contributed by atoms with Gasteiger partial charge in [0.1, 0.15) is 0 Å². The Kier molecular flexibility index (Phi) is 4.79. The van der Waals surface area contributed by atoms with Gasteiger partial charge in [-0.3, -0.25) is 0 Å². The lowest BCUT2D eigenvalue weighted by atomic mass is 9.97. The number of likely N-dealkylation sites (tertiary alicyclic amines) is 1. The van der Waals surface area contributed by atoms with Crippen molar-refractivity contribution in [2.24, 2.45) is 11.7 Å². The molecule has 0 aromatic carbocycles. The molecular weight excluding hydrogens is 214 g/mol. The highest BCUT2D eigenvalue weighted by Gasteiger charge is 2.30. The van der Waals surface area contributed by atoms with E-state index >= 15 is 0 Å². The number of likely N-dealkylation sites (N-methyl/N-ethyl adjacent to an activating group) is 2. The number of hydrogen-bond acceptors (Lipinski definition) is 4. The van der Waals surface area contributed by atoms with E-state index < -0.39 is 0 Å². The largest absolute Gasteiger partial charge is 0.381 e. The van der Waals surface area contributed by atoms with E-state index in [2.05, 4.69) is 23.9 Å². The maximum absolute atomic E-state index is 5.95. The standard InChI is InChI=1S/C13H27N3O/c1-15-6-3-4-12(15)9-16(2)13(8-14)11-5-7-17-10-11/h11-13H,3-10,14H2,1-2H3. The fourth-order valence-corrected chi connectivity index (χ4v) is 3.27. The second kappa shape index (κ2) is 6.14. The lowest BCUT2D eigenvalue weighted by Crippen LogP contribution is -2.48. The minimum absolute atomic E-state index is 0.492. The predicted molar refractivity (Wildman–Crippen MR) is 70.1 cm³/mol. The van der Waals surface area contributed by atoms with E-state index in [0.29, 0.717) is 12.0 Å². The van der Waals surface area contributed by atoms with Crippen molar-refractivity contribution in [3.8, 4) is 0 Å². The smallest absolute Gasteiger partial charge is 0.0510 e. The molecule has 4 heteroatoms. The SMILES string of the molecule is CN1CCCC1CN(C)C(CN)C1CCOC1. The van der Waals surface area contributed by atoms with Crippen molar-refractivity contribution in [1.82, 2.24) is 9.80 Å². The van der Waals surface area contributed by atoms with Gasteiger partial charge in [-0.05, 0) is 39.9 Å². The number of hydrogen-bond donors (Lipinski definition) is 1. The summed E-state index contributed by atoms with van der Waals surface area (Å²) in [6.07, 6.45) is 3.85. The van der Waals surface area contributed by atoms with Crippen LogP contribution in [-0.2, 0) is 4.74 Å². The third-order valence-electron chi connectivity index (χ3n) is 4.49. The van der Waals surface area contributed by atoms with E-state index in [1.54, 1.807) is 0 Å². The van der Waals surface area contributed by atoms with Gasteiger partial charge in [0.25, 0.3) is 0 Å². The number of rotatable bonds is 5. The van der Waals surface area contributed by atoms with E-state index in [-0.39, 0.29) is 0 Å². The van der Waals surface area contributed by atoms with Gasteiger partial charge < -0.3 is 20.3 Å². The normalized spacial score (nSPS) is 32.5. The second-order valence-corrected chi connectivity index (χ2v) is 5.64. The van der Waals surface area contributed by atoms with E-state index in [1.165, 1.54) is 25.8 Å². The van der Waals surface area contributed by atoms with Gasteiger partial charge >= 0.3 is 0 Å². The van der Waals surface area contributed by atoms with Crippen LogP contribution in [0.3, 0.4) is 0 Å². The van der Waals surface area contributed by atoms with Gasteiger partial charge in [-0.15, -0.1) is 0 Å². The summed E-state index contributed by atoms with van der Waals surface area (Å²) in [5, 5.41) is 0. The highest BCUT2D eigenvalue weighted by Crippen LogP contribution is 2.22. The Morgan fingerprint density at radius 1 is 1.47 bits per heavy atom. The number of ether oxygens (including phenoxy) is 1. The van der Waals surface area contributed by atoms with Crippen LogP contribution in [0.1, 0.15) is 19.3 Å². The average molecular weight is 241 g/mol. The molecule has 3 atom stereocenters. The molecule has 2 aliphatic heterocycles. The van der Waals surface area contributed by atoms with Crippen LogP contribution in [-0.4, -0.2) is 68.8 Å². The van der Waals surface area contributed by atoms with Gasteiger partial charge in [-0.2, -0.15) is 0 Å². The van der Waals surface area contributed by atoms with Crippen molar-refractivity contribution in [2.75, 3.05) is 46.9 Å². The first kappa shape index (κ1) is 13.3. The summed E-state index contributed by atoms with van der Waals surface area (Å²) < 4.78 is 5.49. The molecule has 2 aliphatic rings. The lowest BCUT2D eigenvalue weighted by molar-refractivity contribution is 0.120. The molecule has 2 saturated heterocycles. The lowest BCUT2D eigenvalue weighted by Gasteiger charge is -2.34. The Bertz CT molecular complexity index is 231. The molecule has 0 amide bonds. The van der Waals surface area contributed by atoms with Crippen molar-refractivity contribution in [2.45, 2.75) is 31.3 Å². The van der Waals surface area contributed by atoms with Gasteiger partial charge in [-0.1, -0.05) is 0 Å². The van der Waals surface area contributed by atoms with E-state index in [9.17, 15) is 0 Å². The van der Waals surface area contributed by atoms with E-state index in [4.69, 9.17) is 10.5 Å². The Morgan fingerprint density at radius 3 is 2.82 bits per heavy atom. The molecule has 0 bridgehead atoms. The van der Waals surface area contributed by atoms with E-state index in [0.717, 1.165) is 32.3 Å². The first-order valence-corrected chi connectivity index (χ1v) is 6.90. The molecule has 17 heavy (non-hydrogen) atoms.